The van der Waals surface area contributed by atoms with Crippen LogP contribution in [0.2, 0.25) is 0 Å². The molecule has 0 saturated carbocycles. The Morgan fingerprint density at radius 2 is 2.00 bits per heavy atom. The zero-order valence-electron chi connectivity index (χ0n) is 13.3. The lowest BCUT2D eigenvalue weighted by Crippen LogP contribution is -2.33. The Morgan fingerprint density at radius 1 is 1.33 bits per heavy atom. The molecule has 0 saturated heterocycles. The van der Waals surface area contributed by atoms with Crippen LogP contribution in [0.5, 0.6) is 0 Å². The molecule has 0 spiro atoms. The highest BCUT2D eigenvalue weighted by atomic mass is 16.5. The second-order valence-electron chi connectivity index (χ2n) is 5.63. The number of carbonyl (C=O) groups is 1. The first-order valence-electron chi connectivity index (χ1n) is 7.34. The fourth-order valence-electron chi connectivity index (χ4n) is 2.32. The van der Waals surface area contributed by atoms with E-state index in [-0.39, 0.29) is 5.91 Å². The SMILES string of the molecule is COCCN(Cc1ccccc1CC(=O)NN)CC(C)C. The second-order valence-corrected chi connectivity index (χ2v) is 5.63. The van der Waals surface area contributed by atoms with Gasteiger partial charge in [-0.25, -0.2) is 5.84 Å². The minimum Gasteiger partial charge on any atom is -0.383 e. The summed E-state index contributed by atoms with van der Waals surface area (Å²) in [5.41, 5.74) is 4.37. The number of methoxy groups -OCH3 is 1. The van der Waals surface area contributed by atoms with E-state index in [9.17, 15) is 4.79 Å². The molecule has 5 heteroatoms. The standard InChI is InChI=1S/C16H27N3O2/c1-13(2)11-19(8-9-21-3)12-15-7-5-4-6-14(15)10-16(20)18-17/h4-7,13H,8-12,17H2,1-3H3,(H,18,20). The molecule has 0 bridgehead atoms. The largest absolute Gasteiger partial charge is 0.383 e. The number of ether oxygens (including phenoxy) is 1. The van der Waals surface area contributed by atoms with E-state index in [0.29, 0.717) is 18.9 Å². The minimum atomic E-state index is -0.172. The lowest BCUT2D eigenvalue weighted by atomic mass is 10.0. The Morgan fingerprint density at radius 3 is 2.57 bits per heavy atom. The van der Waals surface area contributed by atoms with Gasteiger partial charge < -0.3 is 4.74 Å². The van der Waals surface area contributed by atoms with Gasteiger partial charge in [-0.05, 0) is 17.0 Å². The highest BCUT2D eigenvalue weighted by molar-refractivity contribution is 5.78. The van der Waals surface area contributed by atoms with Crippen molar-refractivity contribution >= 4 is 5.91 Å². The van der Waals surface area contributed by atoms with Crippen LogP contribution in [0.3, 0.4) is 0 Å². The van der Waals surface area contributed by atoms with Crippen LogP contribution in [-0.2, 0) is 22.5 Å². The average molecular weight is 293 g/mol. The summed E-state index contributed by atoms with van der Waals surface area (Å²) in [5, 5.41) is 0. The maximum atomic E-state index is 11.5. The molecular formula is C16H27N3O2. The van der Waals surface area contributed by atoms with Gasteiger partial charge in [-0.15, -0.1) is 0 Å². The molecule has 0 atom stereocenters. The van der Waals surface area contributed by atoms with Crippen molar-refractivity contribution in [1.82, 2.24) is 10.3 Å². The van der Waals surface area contributed by atoms with E-state index in [2.05, 4.69) is 30.2 Å². The number of nitrogens with two attached hydrogens (primary N) is 1. The smallest absolute Gasteiger partial charge is 0.238 e. The molecule has 0 aromatic heterocycles. The van der Waals surface area contributed by atoms with Crippen LogP contribution in [0.4, 0.5) is 0 Å². The third-order valence-electron chi connectivity index (χ3n) is 3.26. The van der Waals surface area contributed by atoms with Crippen LogP contribution < -0.4 is 11.3 Å². The molecule has 0 aliphatic heterocycles. The predicted molar refractivity (Wildman–Crippen MR) is 84.5 cm³/mol. The van der Waals surface area contributed by atoms with Crippen LogP contribution in [-0.4, -0.2) is 37.6 Å². The van der Waals surface area contributed by atoms with Crippen molar-refractivity contribution in [2.24, 2.45) is 11.8 Å². The molecular weight excluding hydrogens is 266 g/mol. The molecule has 0 aliphatic carbocycles. The van der Waals surface area contributed by atoms with Gasteiger partial charge in [-0.3, -0.25) is 15.1 Å². The van der Waals surface area contributed by atoms with Crippen molar-refractivity contribution in [3.8, 4) is 0 Å². The Balaban J connectivity index is 2.79. The first-order chi connectivity index (χ1) is 10.1. The van der Waals surface area contributed by atoms with Crippen LogP contribution in [0.25, 0.3) is 0 Å². The summed E-state index contributed by atoms with van der Waals surface area (Å²) in [5.74, 6) is 5.59. The molecule has 1 rings (SSSR count). The number of nitrogens with one attached hydrogen (secondary N) is 1. The molecule has 5 nitrogen and oxygen atoms in total. The van der Waals surface area contributed by atoms with Crippen molar-refractivity contribution in [1.29, 1.82) is 0 Å². The van der Waals surface area contributed by atoms with Crippen LogP contribution in [0, 0.1) is 5.92 Å². The van der Waals surface area contributed by atoms with Crippen LogP contribution in [0.1, 0.15) is 25.0 Å². The summed E-state index contributed by atoms with van der Waals surface area (Å²) in [6.07, 6.45) is 0.312. The van der Waals surface area contributed by atoms with Crippen LogP contribution >= 0.6 is 0 Å². The third-order valence-corrected chi connectivity index (χ3v) is 3.26. The molecule has 118 valence electrons. The van der Waals surface area contributed by atoms with Crippen molar-refractivity contribution in [2.45, 2.75) is 26.8 Å². The summed E-state index contributed by atoms with van der Waals surface area (Å²) >= 11 is 0. The normalized spacial score (nSPS) is 11.1. The zero-order valence-corrected chi connectivity index (χ0v) is 13.3. The first-order valence-corrected chi connectivity index (χ1v) is 7.34. The number of hydrogen-bond acceptors (Lipinski definition) is 4. The van der Waals surface area contributed by atoms with Gasteiger partial charge in [0, 0.05) is 26.7 Å². The van der Waals surface area contributed by atoms with Gasteiger partial charge in [0.05, 0.1) is 13.0 Å². The van der Waals surface area contributed by atoms with Gasteiger partial charge in [0.1, 0.15) is 0 Å². The average Bonchev–Trinajstić information content (AvgIpc) is 2.46. The van der Waals surface area contributed by atoms with Crippen molar-refractivity contribution in [3.05, 3.63) is 35.4 Å². The number of hydrogen-bond donors (Lipinski definition) is 2. The lowest BCUT2D eigenvalue weighted by Gasteiger charge is -2.25. The number of benzene rings is 1. The number of nitrogens with zero attached hydrogens (tertiary/aromatic N) is 1. The molecule has 0 heterocycles. The fraction of sp³-hybridized carbons (Fsp3) is 0.562. The lowest BCUT2D eigenvalue weighted by molar-refractivity contribution is -0.120. The maximum absolute atomic E-state index is 11.5. The van der Waals surface area contributed by atoms with Crippen molar-refractivity contribution in [3.63, 3.8) is 0 Å². The van der Waals surface area contributed by atoms with Gasteiger partial charge in [-0.2, -0.15) is 0 Å². The molecule has 1 aromatic rings. The summed E-state index contributed by atoms with van der Waals surface area (Å²) in [6.45, 7) is 7.81. The van der Waals surface area contributed by atoms with E-state index in [1.165, 1.54) is 0 Å². The van der Waals surface area contributed by atoms with E-state index in [1.807, 2.05) is 18.2 Å². The van der Waals surface area contributed by atoms with Gasteiger partial charge in [0.15, 0.2) is 0 Å². The van der Waals surface area contributed by atoms with E-state index >= 15 is 0 Å². The monoisotopic (exact) mass is 293 g/mol. The van der Waals surface area contributed by atoms with E-state index in [4.69, 9.17) is 10.6 Å². The van der Waals surface area contributed by atoms with Gasteiger partial charge in [0.25, 0.3) is 0 Å². The summed E-state index contributed by atoms with van der Waals surface area (Å²) in [4.78, 5) is 13.9. The Kier molecular flexibility index (Phi) is 7.97. The number of amides is 1. The van der Waals surface area contributed by atoms with Crippen LogP contribution in [0.15, 0.2) is 24.3 Å². The minimum absolute atomic E-state index is 0.172. The number of rotatable bonds is 9. The van der Waals surface area contributed by atoms with Crippen molar-refractivity contribution in [2.75, 3.05) is 26.8 Å². The molecule has 3 N–H and O–H groups in total. The number of carbonyl (C=O) groups excluding carboxylic acids is 1. The zero-order chi connectivity index (χ0) is 15.7. The van der Waals surface area contributed by atoms with Crippen molar-refractivity contribution < 1.29 is 9.53 Å². The molecule has 1 aromatic carbocycles. The Bertz CT molecular complexity index is 435. The molecule has 0 radical (unpaired) electrons. The molecule has 21 heavy (non-hydrogen) atoms. The quantitative estimate of drug-likeness (QED) is 0.409. The molecule has 0 unspecified atom stereocenters. The highest BCUT2D eigenvalue weighted by Gasteiger charge is 2.12. The van der Waals surface area contributed by atoms with E-state index in [0.717, 1.165) is 30.8 Å². The fourth-order valence-corrected chi connectivity index (χ4v) is 2.32. The highest BCUT2D eigenvalue weighted by Crippen LogP contribution is 2.14. The van der Waals surface area contributed by atoms with Gasteiger partial charge in [0.2, 0.25) is 5.91 Å². The Labute approximate surface area is 127 Å². The third kappa shape index (κ3) is 6.71. The topological polar surface area (TPSA) is 67.6 Å². The summed E-state index contributed by atoms with van der Waals surface area (Å²) in [7, 11) is 1.72. The first kappa shape index (κ1) is 17.6. The predicted octanol–water partition coefficient (Wildman–Crippen LogP) is 1.32. The van der Waals surface area contributed by atoms with Gasteiger partial charge >= 0.3 is 0 Å². The van der Waals surface area contributed by atoms with E-state index in [1.54, 1.807) is 7.11 Å². The maximum Gasteiger partial charge on any atom is 0.238 e. The van der Waals surface area contributed by atoms with E-state index < -0.39 is 0 Å². The summed E-state index contributed by atoms with van der Waals surface area (Å²) in [6, 6.07) is 8.00. The number of hydrazine groups is 1. The summed E-state index contributed by atoms with van der Waals surface area (Å²) < 4.78 is 5.18. The molecule has 1 amide bonds. The molecule has 0 aliphatic rings. The van der Waals surface area contributed by atoms with Gasteiger partial charge in [-0.1, -0.05) is 38.1 Å². The molecule has 0 fully saturated rings. The Hall–Kier alpha value is -1.43. The second kappa shape index (κ2) is 9.50.